The fourth-order valence-electron chi connectivity index (χ4n) is 3.07. The van der Waals surface area contributed by atoms with Gasteiger partial charge >= 0.3 is 0 Å². The highest BCUT2D eigenvalue weighted by atomic mass is 16.7. The number of benzene rings is 2. The molecule has 2 N–H and O–H groups in total. The molecule has 1 aliphatic heterocycles. The van der Waals surface area contributed by atoms with Crippen LogP contribution in [0, 0.1) is 0 Å². The zero-order valence-corrected chi connectivity index (χ0v) is 16.6. The van der Waals surface area contributed by atoms with Gasteiger partial charge in [-0.05, 0) is 30.3 Å². The van der Waals surface area contributed by atoms with Gasteiger partial charge in [-0.1, -0.05) is 0 Å². The van der Waals surface area contributed by atoms with E-state index >= 15 is 0 Å². The van der Waals surface area contributed by atoms with E-state index in [1.807, 2.05) is 0 Å². The molecule has 1 aromatic heterocycles. The van der Waals surface area contributed by atoms with Gasteiger partial charge in [-0.25, -0.2) is 0 Å². The van der Waals surface area contributed by atoms with E-state index in [-0.39, 0.29) is 34.8 Å². The second-order valence-electron chi connectivity index (χ2n) is 7.15. The largest absolute Gasteiger partial charge is 0.504 e. The van der Waals surface area contributed by atoms with Crippen LogP contribution < -0.4 is 14.9 Å². The van der Waals surface area contributed by atoms with Crippen molar-refractivity contribution in [3.63, 3.8) is 0 Å². The Labute approximate surface area is 171 Å². The Bertz CT molecular complexity index is 1210. The summed E-state index contributed by atoms with van der Waals surface area (Å²) < 4.78 is 27.4. The molecule has 0 saturated heterocycles. The Balaban J connectivity index is 1.67. The first kappa shape index (κ1) is 19.5. The van der Waals surface area contributed by atoms with Crippen molar-refractivity contribution in [1.82, 2.24) is 0 Å². The number of phenols is 1. The van der Waals surface area contributed by atoms with Crippen LogP contribution in [0.4, 0.5) is 0 Å². The number of hydrogen-bond acceptors (Lipinski definition) is 8. The number of hydrogen-bond donors (Lipinski definition) is 2. The molecule has 0 saturated carbocycles. The van der Waals surface area contributed by atoms with Crippen LogP contribution in [0.1, 0.15) is 13.8 Å². The molecule has 30 heavy (non-hydrogen) atoms. The van der Waals surface area contributed by atoms with Gasteiger partial charge in [-0.3, -0.25) is 4.79 Å². The van der Waals surface area contributed by atoms with Crippen molar-refractivity contribution in [2.75, 3.05) is 13.7 Å². The minimum absolute atomic E-state index is 0.0698. The molecule has 0 atom stereocenters. The van der Waals surface area contributed by atoms with Crippen molar-refractivity contribution >= 4 is 11.0 Å². The molecule has 0 aliphatic carbocycles. The van der Waals surface area contributed by atoms with E-state index in [0.717, 1.165) is 0 Å². The number of fused-ring (bicyclic) bond motifs is 1. The second kappa shape index (κ2) is 7.22. The minimum atomic E-state index is -0.731. The lowest BCUT2D eigenvalue weighted by molar-refractivity contribution is -0.119. The van der Waals surface area contributed by atoms with E-state index in [1.54, 1.807) is 32.0 Å². The standard InChI is InChI=1S/C22H20O8/c1-22(2)28-11-14(30-22)10-27-13-5-6-15-18(9-13)29-21(20(25)19(15)24)12-4-7-17(26-3)16(23)8-12/h4-9,11,23,25H,10H2,1-3H3. The highest BCUT2D eigenvalue weighted by Crippen LogP contribution is 2.36. The maximum Gasteiger partial charge on any atom is 0.244 e. The molecule has 3 aromatic rings. The molecular formula is C22H20O8. The third-order valence-corrected chi connectivity index (χ3v) is 4.51. The molecule has 4 rings (SSSR count). The van der Waals surface area contributed by atoms with E-state index in [2.05, 4.69) is 0 Å². The number of ether oxygens (including phenoxy) is 4. The van der Waals surface area contributed by atoms with E-state index in [1.165, 1.54) is 31.6 Å². The van der Waals surface area contributed by atoms with Crippen LogP contribution in [0.2, 0.25) is 0 Å². The molecule has 2 aromatic carbocycles. The predicted molar refractivity (Wildman–Crippen MR) is 108 cm³/mol. The van der Waals surface area contributed by atoms with Gasteiger partial charge < -0.3 is 33.6 Å². The smallest absolute Gasteiger partial charge is 0.244 e. The maximum atomic E-state index is 12.6. The molecule has 2 heterocycles. The topological polar surface area (TPSA) is 108 Å². The van der Waals surface area contributed by atoms with Gasteiger partial charge in [0.25, 0.3) is 0 Å². The molecule has 0 fully saturated rings. The molecule has 156 valence electrons. The fraction of sp³-hybridized carbons (Fsp3) is 0.227. The van der Waals surface area contributed by atoms with Crippen molar-refractivity contribution in [3.8, 4) is 34.3 Å². The molecular weight excluding hydrogens is 392 g/mol. The summed E-state index contributed by atoms with van der Waals surface area (Å²) in [7, 11) is 1.42. The third-order valence-electron chi connectivity index (χ3n) is 4.51. The summed E-state index contributed by atoms with van der Waals surface area (Å²) in [5.41, 5.74) is -0.0522. The van der Waals surface area contributed by atoms with Crippen molar-refractivity contribution in [3.05, 3.63) is 58.6 Å². The summed E-state index contributed by atoms with van der Waals surface area (Å²) >= 11 is 0. The lowest BCUT2D eigenvalue weighted by Gasteiger charge is -2.18. The first-order chi connectivity index (χ1) is 14.3. The van der Waals surface area contributed by atoms with Crippen molar-refractivity contribution in [2.24, 2.45) is 0 Å². The lowest BCUT2D eigenvalue weighted by atomic mass is 10.1. The van der Waals surface area contributed by atoms with Crippen LogP contribution in [0.25, 0.3) is 22.3 Å². The number of phenolic OH excluding ortho intramolecular Hbond substituents is 1. The van der Waals surface area contributed by atoms with E-state index < -0.39 is 17.0 Å². The van der Waals surface area contributed by atoms with E-state index in [9.17, 15) is 15.0 Å². The molecule has 0 radical (unpaired) electrons. The summed E-state index contributed by atoms with van der Waals surface area (Å²) in [5, 5.41) is 20.5. The molecule has 0 unspecified atom stereocenters. The van der Waals surface area contributed by atoms with Gasteiger partial charge in [0.1, 0.15) is 24.2 Å². The van der Waals surface area contributed by atoms with Crippen LogP contribution in [-0.2, 0) is 9.47 Å². The average molecular weight is 412 g/mol. The molecule has 0 bridgehead atoms. The number of rotatable bonds is 5. The van der Waals surface area contributed by atoms with Gasteiger partial charge in [0, 0.05) is 25.5 Å². The molecule has 8 nitrogen and oxygen atoms in total. The number of methoxy groups -OCH3 is 1. The quantitative estimate of drug-likeness (QED) is 0.650. The zero-order chi connectivity index (χ0) is 21.5. The van der Waals surface area contributed by atoms with E-state index in [4.69, 9.17) is 23.4 Å². The van der Waals surface area contributed by atoms with Crippen LogP contribution in [0.15, 0.2) is 57.6 Å². The summed E-state index contributed by atoms with van der Waals surface area (Å²) in [6.07, 6.45) is 1.49. The third kappa shape index (κ3) is 3.59. The SMILES string of the molecule is COc1ccc(-c2oc3cc(OCC4=COC(C)(C)O4)ccc3c(=O)c2O)cc1O. The Morgan fingerprint density at radius 1 is 1.10 bits per heavy atom. The van der Waals surface area contributed by atoms with Crippen molar-refractivity contribution < 1.29 is 33.6 Å². The molecule has 1 aliphatic rings. The van der Waals surface area contributed by atoms with E-state index in [0.29, 0.717) is 17.1 Å². The Hall–Kier alpha value is -3.81. The van der Waals surface area contributed by atoms with Crippen LogP contribution in [0.5, 0.6) is 23.0 Å². The monoisotopic (exact) mass is 412 g/mol. The highest BCUT2D eigenvalue weighted by Gasteiger charge is 2.27. The summed E-state index contributed by atoms with van der Waals surface area (Å²) in [6.45, 7) is 3.70. The average Bonchev–Trinajstić information content (AvgIpc) is 3.07. The summed E-state index contributed by atoms with van der Waals surface area (Å²) in [6, 6.07) is 9.06. The Morgan fingerprint density at radius 3 is 2.57 bits per heavy atom. The second-order valence-corrected chi connectivity index (χ2v) is 7.15. The van der Waals surface area contributed by atoms with Gasteiger partial charge in [0.2, 0.25) is 17.0 Å². The fourth-order valence-corrected chi connectivity index (χ4v) is 3.07. The molecule has 0 amide bonds. The van der Waals surface area contributed by atoms with Crippen LogP contribution >= 0.6 is 0 Å². The van der Waals surface area contributed by atoms with Gasteiger partial charge in [-0.15, -0.1) is 0 Å². The first-order valence-corrected chi connectivity index (χ1v) is 9.13. The summed E-state index contributed by atoms with van der Waals surface area (Å²) in [4.78, 5) is 12.6. The van der Waals surface area contributed by atoms with Crippen molar-refractivity contribution in [2.45, 2.75) is 19.6 Å². The number of aromatic hydroxyl groups is 2. The molecule has 8 heteroatoms. The van der Waals surface area contributed by atoms with Crippen LogP contribution in [-0.4, -0.2) is 29.7 Å². The Morgan fingerprint density at radius 2 is 1.90 bits per heavy atom. The maximum absolute atomic E-state index is 12.6. The van der Waals surface area contributed by atoms with Gasteiger partial charge in [0.05, 0.1) is 12.5 Å². The summed E-state index contributed by atoms with van der Waals surface area (Å²) in [5.74, 6) is -0.276. The van der Waals surface area contributed by atoms with Crippen LogP contribution in [0.3, 0.4) is 0 Å². The normalized spacial score (nSPS) is 14.7. The van der Waals surface area contributed by atoms with Gasteiger partial charge in [-0.2, -0.15) is 0 Å². The van der Waals surface area contributed by atoms with Crippen molar-refractivity contribution in [1.29, 1.82) is 0 Å². The zero-order valence-electron chi connectivity index (χ0n) is 16.6. The lowest BCUT2D eigenvalue weighted by Crippen LogP contribution is -2.21. The highest BCUT2D eigenvalue weighted by molar-refractivity contribution is 5.83. The van der Waals surface area contributed by atoms with Gasteiger partial charge in [0.15, 0.2) is 23.0 Å². The minimum Gasteiger partial charge on any atom is -0.504 e. The Kier molecular flexibility index (Phi) is 4.69. The predicted octanol–water partition coefficient (Wildman–Crippen LogP) is 3.88. The molecule has 0 spiro atoms. The first-order valence-electron chi connectivity index (χ1n) is 9.13.